The summed E-state index contributed by atoms with van der Waals surface area (Å²) in [4.78, 5) is 8.09. The Balaban J connectivity index is 2.17. The molecule has 0 aliphatic rings. The monoisotopic (exact) mass is 328 g/mol. The molecule has 0 amide bonds. The van der Waals surface area contributed by atoms with Crippen molar-refractivity contribution < 1.29 is 22.3 Å². The zero-order chi connectivity index (χ0) is 15.7. The van der Waals surface area contributed by atoms with Crippen molar-refractivity contribution in [3.05, 3.63) is 35.7 Å². The molecule has 116 valence electrons. The third kappa shape index (κ3) is 2.59. The van der Waals surface area contributed by atoms with E-state index in [0.29, 0.717) is 10.6 Å². The lowest BCUT2D eigenvalue weighted by Gasteiger charge is -2.20. The van der Waals surface area contributed by atoms with E-state index < -0.39 is 12.3 Å². The number of thiazole rings is 1. The van der Waals surface area contributed by atoms with E-state index in [4.69, 9.17) is 9.15 Å². The summed E-state index contributed by atoms with van der Waals surface area (Å²) in [6, 6.07) is 2.93. The number of benzene rings is 1. The number of hydrogen-bond donors (Lipinski definition) is 0. The second-order valence-corrected chi connectivity index (χ2v) is 5.34. The van der Waals surface area contributed by atoms with Gasteiger partial charge in [0.2, 0.25) is 0 Å². The normalized spacial score (nSPS) is 13.6. The SMILES string of the molecule is CCOC(c1ccc(-c2nccs2)c2ocnc12)C(F)(F)F. The molecule has 0 radical (unpaired) electrons. The highest BCUT2D eigenvalue weighted by Crippen LogP contribution is 2.41. The van der Waals surface area contributed by atoms with Crippen LogP contribution in [-0.4, -0.2) is 22.8 Å². The number of halogens is 3. The van der Waals surface area contributed by atoms with Gasteiger partial charge >= 0.3 is 6.18 Å². The number of hydrogen-bond acceptors (Lipinski definition) is 5. The molecule has 0 spiro atoms. The molecule has 4 nitrogen and oxygen atoms in total. The molecule has 0 aliphatic heterocycles. The molecule has 0 bridgehead atoms. The Kier molecular flexibility index (Phi) is 3.88. The second kappa shape index (κ2) is 5.69. The summed E-state index contributed by atoms with van der Waals surface area (Å²) < 4.78 is 49.8. The van der Waals surface area contributed by atoms with Gasteiger partial charge in [0.05, 0.1) is 5.56 Å². The number of fused-ring (bicyclic) bond motifs is 1. The molecule has 1 unspecified atom stereocenters. The Hall–Kier alpha value is -1.93. The van der Waals surface area contributed by atoms with Crippen molar-refractivity contribution >= 4 is 22.4 Å². The molecule has 2 heterocycles. The van der Waals surface area contributed by atoms with E-state index in [2.05, 4.69) is 9.97 Å². The quantitative estimate of drug-likeness (QED) is 0.703. The molecule has 0 saturated heterocycles. The molecular weight excluding hydrogens is 317 g/mol. The fourth-order valence-corrected chi connectivity index (χ4v) is 2.89. The molecule has 0 fully saturated rings. The molecule has 0 aliphatic carbocycles. The average Bonchev–Trinajstić information content (AvgIpc) is 3.13. The minimum Gasteiger partial charge on any atom is -0.443 e. The predicted molar refractivity (Wildman–Crippen MR) is 75.5 cm³/mol. The van der Waals surface area contributed by atoms with Gasteiger partial charge in [-0.25, -0.2) is 9.97 Å². The summed E-state index contributed by atoms with van der Waals surface area (Å²) in [7, 11) is 0. The molecule has 8 heteroatoms. The topological polar surface area (TPSA) is 48.2 Å². The van der Waals surface area contributed by atoms with E-state index >= 15 is 0 Å². The van der Waals surface area contributed by atoms with Gasteiger partial charge in [0, 0.05) is 23.7 Å². The van der Waals surface area contributed by atoms with Crippen molar-refractivity contribution in [2.24, 2.45) is 0 Å². The molecule has 0 saturated carbocycles. The van der Waals surface area contributed by atoms with Crippen LogP contribution in [0.25, 0.3) is 21.7 Å². The first-order chi connectivity index (χ1) is 10.5. The zero-order valence-corrected chi connectivity index (χ0v) is 12.2. The van der Waals surface area contributed by atoms with Crippen LogP contribution in [0.2, 0.25) is 0 Å². The van der Waals surface area contributed by atoms with Crippen molar-refractivity contribution in [2.45, 2.75) is 19.2 Å². The maximum Gasteiger partial charge on any atom is 0.418 e. The third-order valence-corrected chi connectivity index (χ3v) is 3.90. The highest BCUT2D eigenvalue weighted by atomic mass is 32.1. The highest BCUT2D eigenvalue weighted by molar-refractivity contribution is 7.13. The Morgan fingerprint density at radius 3 is 2.77 bits per heavy atom. The van der Waals surface area contributed by atoms with Crippen LogP contribution in [0.5, 0.6) is 0 Å². The van der Waals surface area contributed by atoms with E-state index in [9.17, 15) is 13.2 Å². The average molecular weight is 328 g/mol. The van der Waals surface area contributed by atoms with Crippen LogP contribution in [0.1, 0.15) is 18.6 Å². The molecule has 2 aromatic heterocycles. The fraction of sp³-hybridized carbons (Fsp3) is 0.286. The Bertz CT molecular complexity index is 768. The van der Waals surface area contributed by atoms with Gasteiger partial charge in [-0.1, -0.05) is 6.07 Å². The zero-order valence-electron chi connectivity index (χ0n) is 11.4. The maximum atomic E-state index is 13.2. The number of rotatable bonds is 4. The summed E-state index contributed by atoms with van der Waals surface area (Å²) in [6.07, 6.45) is -3.81. The molecule has 3 rings (SSSR count). The molecular formula is C14H11F3N2O2S. The van der Waals surface area contributed by atoms with Crippen LogP contribution in [0.15, 0.2) is 34.5 Å². The van der Waals surface area contributed by atoms with Gasteiger partial charge in [0.1, 0.15) is 10.5 Å². The van der Waals surface area contributed by atoms with Crippen LogP contribution in [0.3, 0.4) is 0 Å². The molecule has 1 atom stereocenters. The standard InChI is InChI=1S/C14H11F3N2O2S/c1-2-20-12(14(15,16)17)8-3-4-9(13-18-5-6-22-13)11-10(8)19-7-21-11/h3-7,12H,2H2,1H3. The first-order valence-electron chi connectivity index (χ1n) is 6.46. The van der Waals surface area contributed by atoms with Gasteiger partial charge in [-0.3, -0.25) is 0 Å². The van der Waals surface area contributed by atoms with Crippen molar-refractivity contribution in [1.29, 1.82) is 0 Å². The lowest BCUT2D eigenvalue weighted by molar-refractivity contribution is -0.222. The molecule has 1 aromatic carbocycles. The molecule has 22 heavy (non-hydrogen) atoms. The minimum absolute atomic E-state index is 0.0570. The predicted octanol–water partition coefficient (Wildman–Crippen LogP) is 4.59. The summed E-state index contributed by atoms with van der Waals surface area (Å²) in [6.45, 7) is 1.46. The van der Waals surface area contributed by atoms with Gasteiger partial charge < -0.3 is 9.15 Å². The first-order valence-corrected chi connectivity index (χ1v) is 7.34. The Labute approximate surface area is 127 Å². The second-order valence-electron chi connectivity index (χ2n) is 4.45. The van der Waals surface area contributed by atoms with Gasteiger partial charge in [-0.05, 0) is 13.0 Å². The Morgan fingerprint density at radius 1 is 1.32 bits per heavy atom. The smallest absolute Gasteiger partial charge is 0.418 e. The lowest BCUT2D eigenvalue weighted by Crippen LogP contribution is -2.24. The fourth-order valence-electron chi connectivity index (χ4n) is 2.23. The lowest BCUT2D eigenvalue weighted by atomic mass is 10.0. The summed E-state index contributed by atoms with van der Waals surface area (Å²) in [5.74, 6) is 0. The highest BCUT2D eigenvalue weighted by Gasteiger charge is 2.43. The van der Waals surface area contributed by atoms with Gasteiger partial charge in [0.15, 0.2) is 18.1 Å². The van der Waals surface area contributed by atoms with Crippen LogP contribution in [0, 0.1) is 0 Å². The third-order valence-electron chi connectivity index (χ3n) is 3.09. The summed E-state index contributed by atoms with van der Waals surface area (Å²) in [5, 5.41) is 2.44. The van der Waals surface area contributed by atoms with E-state index in [1.54, 1.807) is 17.6 Å². The van der Waals surface area contributed by atoms with Crippen LogP contribution >= 0.6 is 11.3 Å². The van der Waals surface area contributed by atoms with E-state index in [1.807, 2.05) is 0 Å². The van der Waals surface area contributed by atoms with E-state index in [0.717, 1.165) is 6.39 Å². The van der Waals surface area contributed by atoms with E-state index in [1.165, 1.54) is 24.3 Å². The van der Waals surface area contributed by atoms with Crippen LogP contribution < -0.4 is 0 Å². The molecule has 0 N–H and O–H groups in total. The summed E-state index contributed by atoms with van der Waals surface area (Å²) in [5.41, 5.74) is 0.979. The van der Waals surface area contributed by atoms with Crippen molar-refractivity contribution in [3.8, 4) is 10.6 Å². The number of nitrogens with zero attached hydrogens (tertiary/aromatic N) is 2. The number of aromatic nitrogens is 2. The van der Waals surface area contributed by atoms with Gasteiger partial charge in [0.25, 0.3) is 0 Å². The van der Waals surface area contributed by atoms with Crippen LogP contribution in [0.4, 0.5) is 13.2 Å². The van der Waals surface area contributed by atoms with Gasteiger partial charge in [-0.2, -0.15) is 13.2 Å². The van der Waals surface area contributed by atoms with Crippen LogP contribution in [-0.2, 0) is 4.74 Å². The van der Waals surface area contributed by atoms with Gasteiger partial charge in [-0.15, -0.1) is 11.3 Å². The number of ether oxygens (including phenoxy) is 1. The largest absolute Gasteiger partial charge is 0.443 e. The van der Waals surface area contributed by atoms with Crippen molar-refractivity contribution in [3.63, 3.8) is 0 Å². The minimum atomic E-state index is -4.52. The van der Waals surface area contributed by atoms with Crippen molar-refractivity contribution in [2.75, 3.05) is 6.61 Å². The maximum absolute atomic E-state index is 13.2. The van der Waals surface area contributed by atoms with E-state index in [-0.39, 0.29) is 23.3 Å². The van der Waals surface area contributed by atoms with Crippen molar-refractivity contribution in [1.82, 2.24) is 9.97 Å². The Morgan fingerprint density at radius 2 is 2.14 bits per heavy atom. The molecule has 3 aromatic rings. The number of oxazole rings is 1. The number of alkyl halides is 3. The first kappa shape index (κ1) is 15.0. The summed E-state index contributed by atoms with van der Waals surface area (Å²) >= 11 is 1.37.